The molecule has 0 aliphatic carbocycles. The van der Waals surface area contributed by atoms with Crippen LogP contribution in [0.1, 0.15) is 18.1 Å². The summed E-state index contributed by atoms with van der Waals surface area (Å²) >= 11 is 0. The number of halogens is 1. The predicted molar refractivity (Wildman–Crippen MR) is 92.2 cm³/mol. The lowest BCUT2D eigenvalue weighted by atomic mass is 10.2. The number of ether oxygens (including phenoxy) is 1. The van der Waals surface area contributed by atoms with Gasteiger partial charge in [-0.25, -0.2) is 4.39 Å². The minimum Gasteiger partial charge on any atom is -0.494 e. The molecular formula is C19H23FN2O2. The lowest BCUT2D eigenvalue weighted by Gasteiger charge is -2.20. The molecule has 5 heteroatoms. The Hall–Kier alpha value is -2.40. The van der Waals surface area contributed by atoms with Gasteiger partial charge >= 0.3 is 0 Å². The molecule has 0 aliphatic heterocycles. The molecule has 0 aromatic heterocycles. The van der Waals surface area contributed by atoms with Crippen LogP contribution in [0, 0.1) is 5.82 Å². The number of nitrogens with one attached hydrogen (secondary N) is 1. The van der Waals surface area contributed by atoms with Gasteiger partial charge in [0, 0.05) is 13.1 Å². The summed E-state index contributed by atoms with van der Waals surface area (Å²) in [7, 11) is 1.44. The van der Waals surface area contributed by atoms with E-state index >= 15 is 0 Å². The van der Waals surface area contributed by atoms with E-state index in [2.05, 4.69) is 5.32 Å². The smallest absolute Gasteiger partial charge is 0.234 e. The predicted octanol–water partition coefficient (Wildman–Crippen LogP) is 2.97. The molecule has 0 aliphatic rings. The Bertz CT molecular complexity index is 662. The maximum atomic E-state index is 13.8. The number of carbonyl (C=O) groups is 1. The molecule has 0 spiro atoms. The van der Waals surface area contributed by atoms with Crippen LogP contribution in [0.5, 0.6) is 5.75 Å². The van der Waals surface area contributed by atoms with Gasteiger partial charge in [0.2, 0.25) is 5.91 Å². The number of hydrogen-bond acceptors (Lipinski definition) is 3. The summed E-state index contributed by atoms with van der Waals surface area (Å²) in [5, 5.41) is 2.90. The van der Waals surface area contributed by atoms with E-state index in [1.165, 1.54) is 13.2 Å². The average molecular weight is 330 g/mol. The summed E-state index contributed by atoms with van der Waals surface area (Å²) in [6, 6.07) is 14.6. The Morgan fingerprint density at radius 3 is 2.54 bits per heavy atom. The van der Waals surface area contributed by atoms with Gasteiger partial charge in [0.1, 0.15) is 0 Å². The Kier molecular flexibility index (Phi) is 6.75. The minimum atomic E-state index is -0.389. The highest BCUT2D eigenvalue weighted by Crippen LogP contribution is 2.18. The van der Waals surface area contributed by atoms with E-state index in [1.807, 2.05) is 48.2 Å². The minimum absolute atomic E-state index is 0.0466. The van der Waals surface area contributed by atoms with Crippen LogP contribution in [-0.4, -0.2) is 31.0 Å². The van der Waals surface area contributed by atoms with Crippen LogP contribution in [0.4, 0.5) is 4.39 Å². The molecule has 4 nitrogen and oxygen atoms in total. The fourth-order valence-corrected chi connectivity index (χ4v) is 2.40. The SMILES string of the molecule is CCN(CC(=O)NCc1ccccc1)Cc1ccc(OC)c(F)c1. The summed E-state index contributed by atoms with van der Waals surface area (Å²) in [4.78, 5) is 14.1. The topological polar surface area (TPSA) is 41.6 Å². The van der Waals surface area contributed by atoms with E-state index in [4.69, 9.17) is 4.74 Å². The van der Waals surface area contributed by atoms with Gasteiger partial charge in [-0.15, -0.1) is 0 Å². The zero-order valence-corrected chi connectivity index (χ0v) is 14.1. The molecule has 1 amide bonds. The van der Waals surface area contributed by atoms with Gasteiger partial charge in [-0.3, -0.25) is 9.69 Å². The van der Waals surface area contributed by atoms with Crippen LogP contribution < -0.4 is 10.1 Å². The molecule has 24 heavy (non-hydrogen) atoms. The maximum absolute atomic E-state index is 13.8. The van der Waals surface area contributed by atoms with Gasteiger partial charge in [0.25, 0.3) is 0 Å². The molecule has 128 valence electrons. The molecule has 2 rings (SSSR count). The average Bonchev–Trinajstić information content (AvgIpc) is 2.60. The zero-order chi connectivity index (χ0) is 17.4. The highest BCUT2D eigenvalue weighted by atomic mass is 19.1. The number of rotatable bonds is 8. The second-order valence-electron chi connectivity index (χ2n) is 5.53. The zero-order valence-electron chi connectivity index (χ0n) is 14.1. The second-order valence-corrected chi connectivity index (χ2v) is 5.53. The molecule has 0 fully saturated rings. The fourth-order valence-electron chi connectivity index (χ4n) is 2.40. The van der Waals surface area contributed by atoms with Crippen molar-refractivity contribution >= 4 is 5.91 Å². The van der Waals surface area contributed by atoms with E-state index in [-0.39, 0.29) is 24.0 Å². The fraction of sp³-hybridized carbons (Fsp3) is 0.316. The van der Waals surface area contributed by atoms with Crippen molar-refractivity contribution in [2.24, 2.45) is 0 Å². The van der Waals surface area contributed by atoms with E-state index in [0.717, 1.165) is 11.1 Å². The summed E-state index contributed by atoms with van der Waals surface area (Å²) in [5.41, 5.74) is 1.87. The van der Waals surface area contributed by atoms with Crippen LogP contribution in [0.25, 0.3) is 0 Å². The third-order valence-electron chi connectivity index (χ3n) is 3.77. The van der Waals surface area contributed by atoms with Crippen molar-refractivity contribution in [3.63, 3.8) is 0 Å². The third-order valence-corrected chi connectivity index (χ3v) is 3.77. The Morgan fingerprint density at radius 2 is 1.92 bits per heavy atom. The summed E-state index contributed by atoms with van der Waals surface area (Å²) in [6.45, 7) is 3.97. The lowest BCUT2D eigenvalue weighted by Crippen LogP contribution is -2.36. The molecule has 0 saturated carbocycles. The molecule has 0 saturated heterocycles. The molecule has 1 N–H and O–H groups in total. The molecule has 2 aromatic rings. The van der Waals surface area contributed by atoms with E-state index in [1.54, 1.807) is 6.07 Å². The van der Waals surface area contributed by atoms with Gasteiger partial charge in [0.05, 0.1) is 13.7 Å². The Morgan fingerprint density at radius 1 is 1.17 bits per heavy atom. The molecule has 0 bridgehead atoms. The van der Waals surface area contributed by atoms with Crippen LogP contribution in [0.2, 0.25) is 0 Å². The van der Waals surface area contributed by atoms with Gasteiger partial charge in [-0.2, -0.15) is 0 Å². The first-order chi connectivity index (χ1) is 11.6. The van der Waals surface area contributed by atoms with Gasteiger partial charge in [0.15, 0.2) is 11.6 Å². The summed E-state index contributed by atoms with van der Waals surface area (Å²) in [6.07, 6.45) is 0. The molecular weight excluding hydrogens is 307 g/mol. The standard InChI is InChI=1S/C19H23FN2O2/c1-3-22(13-16-9-10-18(24-2)17(20)11-16)14-19(23)21-12-15-7-5-4-6-8-15/h4-11H,3,12-14H2,1-2H3,(H,21,23). The largest absolute Gasteiger partial charge is 0.494 e. The summed E-state index contributed by atoms with van der Waals surface area (Å²) in [5.74, 6) is -0.211. The molecule has 0 unspecified atom stereocenters. The monoisotopic (exact) mass is 330 g/mol. The lowest BCUT2D eigenvalue weighted by molar-refractivity contribution is -0.122. The highest BCUT2D eigenvalue weighted by molar-refractivity contribution is 5.78. The number of nitrogens with zero attached hydrogens (tertiary/aromatic N) is 1. The van der Waals surface area contributed by atoms with Crippen molar-refractivity contribution < 1.29 is 13.9 Å². The van der Waals surface area contributed by atoms with Crippen molar-refractivity contribution in [2.45, 2.75) is 20.0 Å². The van der Waals surface area contributed by atoms with E-state index in [9.17, 15) is 9.18 Å². The Labute approximate surface area is 142 Å². The Balaban J connectivity index is 1.87. The molecule has 2 aromatic carbocycles. The van der Waals surface area contributed by atoms with Crippen molar-refractivity contribution in [3.8, 4) is 5.75 Å². The second kappa shape index (κ2) is 9.03. The number of methoxy groups -OCH3 is 1. The van der Waals surface area contributed by atoms with Crippen LogP contribution >= 0.6 is 0 Å². The first-order valence-electron chi connectivity index (χ1n) is 7.97. The number of benzene rings is 2. The first kappa shape index (κ1) is 17.9. The maximum Gasteiger partial charge on any atom is 0.234 e. The quantitative estimate of drug-likeness (QED) is 0.809. The van der Waals surface area contributed by atoms with Gasteiger partial charge in [-0.05, 0) is 29.8 Å². The van der Waals surface area contributed by atoms with E-state index in [0.29, 0.717) is 19.6 Å². The normalized spacial score (nSPS) is 10.7. The molecule has 0 atom stereocenters. The van der Waals surface area contributed by atoms with Crippen molar-refractivity contribution in [3.05, 3.63) is 65.5 Å². The van der Waals surface area contributed by atoms with Crippen molar-refractivity contribution in [1.29, 1.82) is 0 Å². The first-order valence-corrected chi connectivity index (χ1v) is 7.97. The van der Waals surface area contributed by atoms with Crippen molar-refractivity contribution in [2.75, 3.05) is 20.2 Å². The van der Waals surface area contributed by atoms with Crippen LogP contribution in [0.3, 0.4) is 0 Å². The van der Waals surface area contributed by atoms with E-state index < -0.39 is 0 Å². The number of amides is 1. The van der Waals surface area contributed by atoms with Crippen molar-refractivity contribution in [1.82, 2.24) is 10.2 Å². The summed E-state index contributed by atoms with van der Waals surface area (Å²) < 4.78 is 18.7. The third kappa shape index (κ3) is 5.35. The van der Waals surface area contributed by atoms with Crippen LogP contribution in [-0.2, 0) is 17.9 Å². The molecule has 0 radical (unpaired) electrons. The van der Waals surface area contributed by atoms with Gasteiger partial charge in [-0.1, -0.05) is 43.3 Å². The molecule has 0 heterocycles. The number of likely N-dealkylation sites (N-methyl/N-ethyl adjacent to an activating group) is 1. The number of hydrogen-bond donors (Lipinski definition) is 1. The van der Waals surface area contributed by atoms with Crippen LogP contribution in [0.15, 0.2) is 48.5 Å². The number of carbonyl (C=O) groups excluding carboxylic acids is 1. The van der Waals surface area contributed by atoms with Gasteiger partial charge < -0.3 is 10.1 Å². The highest BCUT2D eigenvalue weighted by Gasteiger charge is 2.11.